The van der Waals surface area contributed by atoms with Crippen LogP contribution in [-0.2, 0) is 9.59 Å². The fourth-order valence-electron chi connectivity index (χ4n) is 3.36. The molecule has 4 nitrogen and oxygen atoms in total. The average Bonchev–Trinajstić information content (AvgIpc) is 3.03. The minimum Gasteiger partial charge on any atom is -0.339 e. The van der Waals surface area contributed by atoms with E-state index in [2.05, 4.69) is 20.8 Å². The Morgan fingerprint density at radius 3 is 2.00 bits per heavy atom. The Balaban J connectivity index is 1.66. The van der Waals surface area contributed by atoms with Crippen LogP contribution in [0.4, 0.5) is 0 Å². The molecule has 1 saturated carbocycles. The van der Waals surface area contributed by atoms with Gasteiger partial charge in [0, 0.05) is 37.3 Å². The molecule has 2 fully saturated rings. The third kappa shape index (κ3) is 6.36. The Morgan fingerprint density at radius 1 is 0.957 bits per heavy atom. The number of carbonyl (C=O) groups is 2. The summed E-state index contributed by atoms with van der Waals surface area (Å²) < 4.78 is 0.119. The third-order valence-electron chi connectivity index (χ3n) is 4.85. The second kappa shape index (κ2) is 8.41. The van der Waals surface area contributed by atoms with Gasteiger partial charge in [0.1, 0.15) is 0 Å². The molecule has 1 saturated heterocycles. The van der Waals surface area contributed by atoms with Crippen LogP contribution in [0.2, 0.25) is 0 Å². The van der Waals surface area contributed by atoms with E-state index in [1.54, 1.807) is 11.8 Å². The van der Waals surface area contributed by atoms with E-state index >= 15 is 0 Å². The molecular weight excluding hydrogens is 308 g/mol. The highest BCUT2D eigenvalue weighted by molar-refractivity contribution is 8.01. The van der Waals surface area contributed by atoms with E-state index in [1.165, 1.54) is 25.7 Å². The van der Waals surface area contributed by atoms with Crippen molar-refractivity contribution in [1.82, 2.24) is 9.80 Å². The maximum atomic E-state index is 12.3. The van der Waals surface area contributed by atoms with Crippen LogP contribution >= 0.6 is 11.8 Å². The van der Waals surface area contributed by atoms with Crippen molar-refractivity contribution in [1.29, 1.82) is 0 Å². The minimum atomic E-state index is 0.119. The van der Waals surface area contributed by atoms with E-state index in [-0.39, 0.29) is 16.6 Å². The van der Waals surface area contributed by atoms with Crippen LogP contribution in [0.15, 0.2) is 0 Å². The molecule has 0 aromatic heterocycles. The number of hydrogen-bond donors (Lipinski definition) is 0. The van der Waals surface area contributed by atoms with E-state index in [0.29, 0.717) is 38.4 Å². The van der Waals surface area contributed by atoms with Gasteiger partial charge in [0.05, 0.1) is 5.75 Å². The van der Waals surface area contributed by atoms with Crippen LogP contribution in [0.3, 0.4) is 0 Å². The molecule has 0 atom stereocenters. The summed E-state index contributed by atoms with van der Waals surface area (Å²) in [6.07, 6.45) is 7.04. The first-order chi connectivity index (χ1) is 10.8. The van der Waals surface area contributed by atoms with E-state index in [1.807, 2.05) is 9.80 Å². The molecule has 132 valence electrons. The first-order valence-electron chi connectivity index (χ1n) is 9.05. The topological polar surface area (TPSA) is 40.6 Å². The summed E-state index contributed by atoms with van der Waals surface area (Å²) in [5.74, 6) is 1.81. The summed E-state index contributed by atoms with van der Waals surface area (Å²) in [5, 5.41) is 0. The van der Waals surface area contributed by atoms with Crippen molar-refractivity contribution in [2.75, 3.05) is 31.9 Å². The summed E-state index contributed by atoms with van der Waals surface area (Å²) >= 11 is 1.69. The Hall–Kier alpha value is -0.710. The fourth-order valence-corrected chi connectivity index (χ4v) is 4.10. The molecule has 0 aromatic carbocycles. The van der Waals surface area contributed by atoms with E-state index in [9.17, 15) is 9.59 Å². The van der Waals surface area contributed by atoms with Gasteiger partial charge < -0.3 is 9.80 Å². The molecule has 2 amide bonds. The Kier molecular flexibility index (Phi) is 6.81. The molecule has 2 rings (SSSR count). The number of nitrogens with zero attached hydrogens (tertiary/aromatic N) is 2. The summed E-state index contributed by atoms with van der Waals surface area (Å²) in [6.45, 7) is 9.19. The van der Waals surface area contributed by atoms with Crippen molar-refractivity contribution in [3.05, 3.63) is 0 Å². The lowest BCUT2D eigenvalue weighted by Crippen LogP contribution is -2.51. The van der Waals surface area contributed by atoms with Gasteiger partial charge in [-0.2, -0.15) is 0 Å². The molecule has 0 spiro atoms. The van der Waals surface area contributed by atoms with Crippen molar-refractivity contribution in [3.63, 3.8) is 0 Å². The van der Waals surface area contributed by atoms with Gasteiger partial charge in [-0.3, -0.25) is 9.59 Å². The zero-order valence-corrected chi connectivity index (χ0v) is 15.8. The first-order valence-corrected chi connectivity index (χ1v) is 10.0. The van der Waals surface area contributed by atoms with Gasteiger partial charge in [0.25, 0.3) is 0 Å². The highest BCUT2D eigenvalue weighted by atomic mass is 32.2. The molecular formula is C18H32N2O2S. The normalized spacial score (nSPS) is 20.1. The van der Waals surface area contributed by atoms with Crippen LogP contribution in [0.5, 0.6) is 0 Å². The summed E-state index contributed by atoms with van der Waals surface area (Å²) in [4.78, 5) is 28.4. The lowest BCUT2D eigenvalue weighted by atomic mass is 10.0. The number of carbonyl (C=O) groups excluding carboxylic acids is 2. The number of piperazine rings is 1. The van der Waals surface area contributed by atoms with Gasteiger partial charge in [0.2, 0.25) is 11.8 Å². The van der Waals surface area contributed by atoms with Crippen LogP contribution in [0.25, 0.3) is 0 Å². The van der Waals surface area contributed by atoms with E-state index in [0.717, 1.165) is 12.3 Å². The highest BCUT2D eigenvalue weighted by Gasteiger charge is 2.25. The number of thioether (sulfide) groups is 1. The Labute approximate surface area is 145 Å². The summed E-state index contributed by atoms with van der Waals surface area (Å²) in [5.41, 5.74) is 0. The second-order valence-corrected chi connectivity index (χ2v) is 9.65. The average molecular weight is 341 g/mol. The summed E-state index contributed by atoms with van der Waals surface area (Å²) in [6, 6.07) is 0. The van der Waals surface area contributed by atoms with Gasteiger partial charge in [-0.15, -0.1) is 11.8 Å². The highest BCUT2D eigenvalue weighted by Crippen LogP contribution is 2.28. The quantitative estimate of drug-likeness (QED) is 0.772. The lowest BCUT2D eigenvalue weighted by Gasteiger charge is -2.35. The monoisotopic (exact) mass is 340 g/mol. The predicted octanol–water partition coefficient (Wildman–Crippen LogP) is 3.16. The predicted molar refractivity (Wildman–Crippen MR) is 96.6 cm³/mol. The number of amides is 2. The molecule has 2 aliphatic rings. The molecule has 1 aliphatic carbocycles. The molecule has 1 aliphatic heterocycles. The van der Waals surface area contributed by atoms with Gasteiger partial charge >= 0.3 is 0 Å². The van der Waals surface area contributed by atoms with Crippen molar-refractivity contribution in [3.8, 4) is 0 Å². The van der Waals surface area contributed by atoms with Crippen LogP contribution in [0, 0.1) is 5.92 Å². The molecule has 1 heterocycles. The smallest absolute Gasteiger partial charge is 0.232 e. The molecule has 0 N–H and O–H groups in total. The van der Waals surface area contributed by atoms with Crippen molar-refractivity contribution in [2.45, 2.75) is 64.0 Å². The van der Waals surface area contributed by atoms with Gasteiger partial charge in [-0.05, 0) is 12.3 Å². The SMILES string of the molecule is CC(C)(C)SCC(=O)N1CCN(C(=O)CCC2CCCC2)CC1. The molecule has 0 unspecified atom stereocenters. The molecule has 0 aromatic rings. The molecule has 0 radical (unpaired) electrons. The number of hydrogen-bond acceptors (Lipinski definition) is 3. The maximum absolute atomic E-state index is 12.3. The maximum Gasteiger partial charge on any atom is 0.232 e. The van der Waals surface area contributed by atoms with Crippen molar-refractivity contribution < 1.29 is 9.59 Å². The Morgan fingerprint density at radius 2 is 1.48 bits per heavy atom. The lowest BCUT2D eigenvalue weighted by molar-refractivity contribution is -0.138. The van der Waals surface area contributed by atoms with Gasteiger partial charge in [-0.25, -0.2) is 0 Å². The van der Waals surface area contributed by atoms with Gasteiger partial charge in [-0.1, -0.05) is 46.5 Å². The second-order valence-electron chi connectivity index (χ2n) is 7.85. The van der Waals surface area contributed by atoms with Crippen LogP contribution in [0.1, 0.15) is 59.3 Å². The van der Waals surface area contributed by atoms with Crippen LogP contribution < -0.4 is 0 Å². The third-order valence-corrected chi connectivity index (χ3v) is 6.11. The molecule has 0 bridgehead atoms. The molecule has 5 heteroatoms. The number of rotatable bonds is 5. The largest absolute Gasteiger partial charge is 0.339 e. The zero-order chi connectivity index (χ0) is 16.9. The first kappa shape index (κ1) is 18.6. The van der Waals surface area contributed by atoms with E-state index < -0.39 is 0 Å². The summed E-state index contributed by atoms with van der Waals surface area (Å²) in [7, 11) is 0. The van der Waals surface area contributed by atoms with Crippen LogP contribution in [-0.4, -0.2) is 58.3 Å². The van der Waals surface area contributed by atoms with Crippen molar-refractivity contribution >= 4 is 23.6 Å². The van der Waals surface area contributed by atoms with Gasteiger partial charge in [0.15, 0.2) is 0 Å². The Bertz CT molecular complexity index is 406. The minimum absolute atomic E-state index is 0.119. The zero-order valence-electron chi connectivity index (χ0n) is 15.0. The fraction of sp³-hybridized carbons (Fsp3) is 0.889. The standard InChI is InChI=1S/C18H32N2O2S/c1-18(2,3)23-14-17(22)20-12-10-19(11-13-20)16(21)9-8-15-6-4-5-7-15/h15H,4-14H2,1-3H3. The van der Waals surface area contributed by atoms with E-state index in [4.69, 9.17) is 0 Å². The molecule has 23 heavy (non-hydrogen) atoms. The van der Waals surface area contributed by atoms with Crippen molar-refractivity contribution in [2.24, 2.45) is 5.92 Å².